The van der Waals surface area contributed by atoms with Crippen LogP contribution in [0.4, 0.5) is 4.39 Å². The summed E-state index contributed by atoms with van der Waals surface area (Å²) in [4.78, 5) is 12.0. The van der Waals surface area contributed by atoms with E-state index < -0.39 is 11.8 Å². The molecule has 21 heavy (non-hydrogen) atoms. The lowest BCUT2D eigenvalue weighted by atomic mass is 9.96. The summed E-state index contributed by atoms with van der Waals surface area (Å²) in [5, 5.41) is 0. The number of ether oxygens (including phenoxy) is 1. The minimum absolute atomic E-state index is 0.173. The molecule has 2 aromatic carbocycles. The van der Waals surface area contributed by atoms with Crippen LogP contribution in [-0.2, 0) is 9.53 Å². The van der Waals surface area contributed by atoms with Crippen LogP contribution in [0.5, 0.6) is 0 Å². The first-order chi connectivity index (χ1) is 10.1. The van der Waals surface area contributed by atoms with Crippen molar-refractivity contribution in [3.8, 4) is 0 Å². The average Bonchev–Trinajstić information content (AvgIpc) is 2.82. The fourth-order valence-corrected chi connectivity index (χ4v) is 2.69. The van der Waals surface area contributed by atoms with Gasteiger partial charge in [0, 0.05) is 15.6 Å². The van der Waals surface area contributed by atoms with Gasteiger partial charge in [0.2, 0.25) is 0 Å². The van der Waals surface area contributed by atoms with Gasteiger partial charge in [0.05, 0.1) is 5.57 Å². The highest BCUT2D eigenvalue weighted by molar-refractivity contribution is 9.10. The number of hydrogen-bond acceptors (Lipinski definition) is 2. The lowest BCUT2D eigenvalue weighted by Gasteiger charge is -2.06. The highest BCUT2D eigenvalue weighted by atomic mass is 79.9. The van der Waals surface area contributed by atoms with Crippen LogP contribution in [0.1, 0.15) is 16.7 Å². The van der Waals surface area contributed by atoms with Crippen molar-refractivity contribution in [2.24, 2.45) is 0 Å². The third kappa shape index (κ3) is 2.63. The fourth-order valence-electron chi connectivity index (χ4n) is 2.35. The second kappa shape index (κ2) is 5.45. The standard InChI is InChI=1S/C17H12BrFO2/c1-10-2-4-11(5-3-10)14-9-21-17(20)16(14)13-7-6-12(18)8-15(13)19/h2-8H,9H2,1H3. The van der Waals surface area contributed by atoms with Gasteiger partial charge in [0.15, 0.2) is 0 Å². The molecule has 0 saturated heterocycles. The van der Waals surface area contributed by atoms with Crippen molar-refractivity contribution in [2.75, 3.05) is 6.61 Å². The molecule has 1 aliphatic heterocycles. The Morgan fingerprint density at radius 1 is 1.14 bits per heavy atom. The smallest absolute Gasteiger partial charge is 0.339 e. The molecular weight excluding hydrogens is 335 g/mol. The Morgan fingerprint density at radius 2 is 1.86 bits per heavy atom. The van der Waals surface area contributed by atoms with Crippen LogP contribution in [0, 0.1) is 12.7 Å². The van der Waals surface area contributed by atoms with Gasteiger partial charge >= 0.3 is 5.97 Å². The average molecular weight is 347 g/mol. The summed E-state index contributed by atoms with van der Waals surface area (Å²) in [6, 6.07) is 12.4. The van der Waals surface area contributed by atoms with Gasteiger partial charge < -0.3 is 4.74 Å². The summed E-state index contributed by atoms with van der Waals surface area (Å²) in [7, 11) is 0. The minimum atomic E-state index is -0.480. The van der Waals surface area contributed by atoms with Crippen LogP contribution < -0.4 is 0 Å². The van der Waals surface area contributed by atoms with E-state index >= 15 is 0 Å². The zero-order chi connectivity index (χ0) is 15.0. The number of esters is 1. The second-order valence-electron chi connectivity index (χ2n) is 4.92. The number of benzene rings is 2. The highest BCUT2D eigenvalue weighted by Crippen LogP contribution is 2.34. The van der Waals surface area contributed by atoms with Gasteiger partial charge in [0.25, 0.3) is 0 Å². The highest BCUT2D eigenvalue weighted by Gasteiger charge is 2.29. The first-order valence-corrected chi connectivity index (χ1v) is 7.28. The molecule has 106 valence electrons. The minimum Gasteiger partial charge on any atom is -0.457 e. The number of carbonyl (C=O) groups excluding carboxylic acids is 1. The number of halogens is 2. The van der Waals surface area contributed by atoms with Gasteiger partial charge in [0.1, 0.15) is 12.4 Å². The van der Waals surface area contributed by atoms with E-state index in [0.717, 1.165) is 16.7 Å². The van der Waals surface area contributed by atoms with Crippen LogP contribution in [-0.4, -0.2) is 12.6 Å². The molecular formula is C17H12BrFO2. The van der Waals surface area contributed by atoms with E-state index in [2.05, 4.69) is 15.9 Å². The van der Waals surface area contributed by atoms with Crippen molar-refractivity contribution in [1.82, 2.24) is 0 Å². The normalized spacial score (nSPS) is 14.5. The van der Waals surface area contributed by atoms with E-state index in [9.17, 15) is 9.18 Å². The molecule has 0 spiro atoms. The van der Waals surface area contributed by atoms with Gasteiger partial charge in [-0.15, -0.1) is 0 Å². The number of carbonyl (C=O) groups is 1. The molecule has 0 saturated carbocycles. The molecule has 0 aromatic heterocycles. The molecule has 0 atom stereocenters. The Kier molecular flexibility index (Phi) is 3.64. The largest absolute Gasteiger partial charge is 0.457 e. The van der Waals surface area contributed by atoms with E-state index in [1.165, 1.54) is 6.07 Å². The monoisotopic (exact) mass is 346 g/mol. The van der Waals surface area contributed by atoms with Crippen molar-refractivity contribution < 1.29 is 13.9 Å². The maximum atomic E-state index is 14.2. The number of aryl methyl sites for hydroxylation is 1. The summed E-state index contributed by atoms with van der Waals surface area (Å²) >= 11 is 3.22. The Balaban J connectivity index is 2.17. The Hall–Kier alpha value is -1.94. The van der Waals surface area contributed by atoms with E-state index in [0.29, 0.717) is 10.0 Å². The maximum absolute atomic E-state index is 14.2. The number of hydrogen-bond donors (Lipinski definition) is 0. The van der Waals surface area contributed by atoms with Gasteiger partial charge in [-0.2, -0.15) is 0 Å². The van der Waals surface area contributed by atoms with E-state index in [1.807, 2.05) is 31.2 Å². The van der Waals surface area contributed by atoms with E-state index in [-0.39, 0.29) is 12.2 Å². The van der Waals surface area contributed by atoms with Crippen molar-refractivity contribution in [1.29, 1.82) is 0 Å². The molecule has 0 N–H and O–H groups in total. The van der Waals surface area contributed by atoms with Crippen molar-refractivity contribution in [3.05, 3.63) is 69.4 Å². The van der Waals surface area contributed by atoms with Crippen LogP contribution in [0.3, 0.4) is 0 Å². The van der Waals surface area contributed by atoms with Crippen molar-refractivity contribution >= 4 is 33.0 Å². The summed E-state index contributed by atoms with van der Waals surface area (Å²) in [6.07, 6.45) is 0. The predicted octanol–water partition coefficient (Wildman–Crippen LogP) is 4.36. The topological polar surface area (TPSA) is 26.3 Å². The number of cyclic esters (lactones) is 1. The molecule has 0 bridgehead atoms. The predicted molar refractivity (Wildman–Crippen MR) is 83.1 cm³/mol. The third-order valence-corrected chi connectivity index (χ3v) is 3.95. The lowest BCUT2D eigenvalue weighted by molar-refractivity contribution is -0.133. The third-order valence-electron chi connectivity index (χ3n) is 3.45. The van der Waals surface area contributed by atoms with Gasteiger partial charge in [-0.05, 0) is 24.6 Å². The molecule has 4 heteroatoms. The van der Waals surface area contributed by atoms with Crippen LogP contribution in [0.2, 0.25) is 0 Å². The molecule has 1 aliphatic rings. The summed E-state index contributed by atoms with van der Waals surface area (Å²) < 4.78 is 19.9. The van der Waals surface area contributed by atoms with Crippen LogP contribution >= 0.6 is 15.9 Å². The fraction of sp³-hybridized carbons (Fsp3) is 0.118. The molecule has 0 aliphatic carbocycles. The van der Waals surface area contributed by atoms with Gasteiger partial charge in [-0.1, -0.05) is 51.8 Å². The van der Waals surface area contributed by atoms with E-state index in [4.69, 9.17) is 4.74 Å². The molecule has 0 unspecified atom stereocenters. The van der Waals surface area contributed by atoms with Gasteiger partial charge in [-0.3, -0.25) is 0 Å². The molecule has 0 radical (unpaired) electrons. The first-order valence-electron chi connectivity index (χ1n) is 6.49. The van der Waals surface area contributed by atoms with Gasteiger partial charge in [-0.25, -0.2) is 9.18 Å². The molecule has 2 nitrogen and oxygen atoms in total. The van der Waals surface area contributed by atoms with Crippen molar-refractivity contribution in [2.45, 2.75) is 6.92 Å². The summed E-state index contributed by atoms with van der Waals surface area (Å²) in [5.74, 6) is -0.922. The quantitative estimate of drug-likeness (QED) is 0.755. The SMILES string of the molecule is Cc1ccc(C2=C(c3ccc(Br)cc3F)C(=O)OC2)cc1. The maximum Gasteiger partial charge on any atom is 0.339 e. The molecule has 0 fully saturated rings. The van der Waals surface area contributed by atoms with Crippen LogP contribution in [0.25, 0.3) is 11.1 Å². The van der Waals surface area contributed by atoms with E-state index in [1.54, 1.807) is 12.1 Å². The van der Waals surface area contributed by atoms with Crippen LogP contribution in [0.15, 0.2) is 46.9 Å². The second-order valence-corrected chi connectivity index (χ2v) is 5.84. The molecule has 3 rings (SSSR count). The first kappa shape index (κ1) is 14.0. The molecule has 1 heterocycles. The Labute approximate surface area is 130 Å². The summed E-state index contributed by atoms with van der Waals surface area (Å²) in [5.41, 5.74) is 3.31. The molecule has 2 aromatic rings. The zero-order valence-electron chi connectivity index (χ0n) is 11.3. The summed E-state index contributed by atoms with van der Waals surface area (Å²) in [6.45, 7) is 2.16. The molecule has 0 amide bonds. The van der Waals surface area contributed by atoms with Crippen molar-refractivity contribution in [3.63, 3.8) is 0 Å². The Bertz CT molecular complexity index is 748. The lowest BCUT2D eigenvalue weighted by Crippen LogP contribution is -2.00. The number of rotatable bonds is 2. The Morgan fingerprint density at radius 3 is 2.52 bits per heavy atom. The zero-order valence-corrected chi connectivity index (χ0v) is 12.9.